The first-order chi connectivity index (χ1) is 11.1. The van der Waals surface area contributed by atoms with Gasteiger partial charge in [0.1, 0.15) is 0 Å². The molecule has 0 saturated carbocycles. The molecule has 0 unspecified atom stereocenters. The lowest BCUT2D eigenvalue weighted by Crippen LogP contribution is -2.52. The molecule has 1 saturated heterocycles. The highest BCUT2D eigenvalue weighted by Gasteiger charge is 2.22. The molecule has 7 heteroatoms. The average Bonchev–Trinajstić information content (AvgIpc) is 2.55. The summed E-state index contributed by atoms with van der Waals surface area (Å²) in [5.74, 6) is 0.0471. The Balaban J connectivity index is 1.74. The smallest absolute Gasteiger partial charge is 0.321 e. The molecule has 6 nitrogen and oxygen atoms in total. The first-order valence-electron chi connectivity index (χ1n) is 7.89. The van der Waals surface area contributed by atoms with E-state index in [9.17, 15) is 9.59 Å². The molecule has 1 aromatic carbocycles. The van der Waals surface area contributed by atoms with E-state index >= 15 is 0 Å². The standard InChI is InChI=1S/C16H23ClN4O2/c1-2-7-18-15(22)12-20-8-10-21(11-9-20)16(23)19-14-5-3-13(17)4-6-14/h3-6H,2,7-12H2,1H3,(H,18,22)(H,19,23). The molecule has 1 aliphatic heterocycles. The fraction of sp³-hybridized carbons (Fsp3) is 0.500. The first kappa shape index (κ1) is 17.6. The van der Waals surface area contributed by atoms with Crippen molar-refractivity contribution in [3.05, 3.63) is 29.3 Å². The lowest BCUT2D eigenvalue weighted by atomic mass is 10.3. The van der Waals surface area contributed by atoms with E-state index in [2.05, 4.69) is 15.5 Å². The number of hydrogen-bond donors (Lipinski definition) is 2. The number of piperazine rings is 1. The zero-order valence-corrected chi connectivity index (χ0v) is 14.1. The zero-order chi connectivity index (χ0) is 16.7. The van der Waals surface area contributed by atoms with E-state index in [4.69, 9.17) is 11.6 Å². The number of hydrogen-bond acceptors (Lipinski definition) is 3. The fourth-order valence-corrected chi connectivity index (χ4v) is 2.49. The molecule has 0 atom stereocenters. The zero-order valence-electron chi connectivity index (χ0n) is 13.3. The Morgan fingerprint density at radius 2 is 1.78 bits per heavy atom. The van der Waals surface area contributed by atoms with Crippen LogP contribution < -0.4 is 10.6 Å². The lowest BCUT2D eigenvalue weighted by Gasteiger charge is -2.34. The van der Waals surface area contributed by atoms with E-state index in [0.29, 0.717) is 44.3 Å². The molecule has 0 aromatic heterocycles. The normalized spacial score (nSPS) is 15.3. The van der Waals surface area contributed by atoms with Gasteiger partial charge in [-0.2, -0.15) is 0 Å². The fourth-order valence-electron chi connectivity index (χ4n) is 2.37. The summed E-state index contributed by atoms with van der Waals surface area (Å²) in [4.78, 5) is 27.7. The van der Waals surface area contributed by atoms with Gasteiger partial charge < -0.3 is 15.5 Å². The predicted molar refractivity (Wildman–Crippen MR) is 91.8 cm³/mol. The number of benzene rings is 1. The van der Waals surface area contributed by atoms with Crippen molar-refractivity contribution in [2.75, 3.05) is 44.6 Å². The Labute approximate surface area is 141 Å². The van der Waals surface area contributed by atoms with E-state index in [1.54, 1.807) is 29.2 Å². The van der Waals surface area contributed by atoms with Crippen molar-refractivity contribution in [3.8, 4) is 0 Å². The Morgan fingerprint density at radius 3 is 2.39 bits per heavy atom. The summed E-state index contributed by atoms with van der Waals surface area (Å²) in [6, 6.07) is 6.90. The molecular weight excluding hydrogens is 316 g/mol. The van der Waals surface area contributed by atoms with Crippen molar-refractivity contribution in [2.24, 2.45) is 0 Å². The summed E-state index contributed by atoms with van der Waals surface area (Å²) in [7, 11) is 0. The number of urea groups is 1. The lowest BCUT2D eigenvalue weighted by molar-refractivity contribution is -0.122. The molecule has 23 heavy (non-hydrogen) atoms. The third kappa shape index (κ3) is 5.73. The molecule has 1 heterocycles. The molecule has 0 aliphatic carbocycles. The van der Waals surface area contributed by atoms with Gasteiger partial charge in [-0.1, -0.05) is 18.5 Å². The second kappa shape index (κ2) is 8.74. The largest absolute Gasteiger partial charge is 0.355 e. The van der Waals surface area contributed by atoms with Crippen molar-refractivity contribution < 1.29 is 9.59 Å². The van der Waals surface area contributed by atoms with Crippen LogP contribution in [0.5, 0.6) is 0 Å². The highest BCUT2D eigenvalue weighted by molar-refractivity contribution is 6.30. The van der Waals surface area contributed by atoms with Gasteiger partial charge in [-0.05, 0) is 30.7 Å². The number of carbonyl (C=O) groups excluding carboxylic acids is 2. The van der Waals surface area contributed by atoms with Crippen LogP contribution in [-0.4, -0.2) is 61.0 Å². The van der Waals surface area contributed by atoms with Crippen LogP contribution in [0.1, 0.15) is 13.3 Å². The highest BCUT2D eigenvalue weighted by atomic mass is 35.5. The number of carbonyl (C=O) groups is 2. The van der Waals surface area contributed by atoms with Crippen LogP contribution in [0.2, 0.25) is 5.02 Å². The third-order valence-electron chi connectivity index (χ3n) is 3.69. The van der Waals surface area contributed by atoms with Crippen LogP contribution in [0, 0.1) is 0 Å². The van der Waals surface area contributed by atoms with Crippen LogP contribution in [0.25, 0.3) is 0 Å². The Hall–Kier alpha value is -1.79. The monoisotopic (exact) mass is 338 g/mol. The summed E-state index contributed by atoms with van der Waals surface area (Å²) >= 11 is 5.82. The van der Waals surface area contributed by atoms with E-state index in [-0.39, 0.29) is 11.9 Å². The highest BCUT2D eigenvalue weighted by Crippen LogP contribution is 2.14. The first-order valence-corrected chi connectivity index (χ1v) is 8.27. The molecular formula is C16H23ClN4O2. The van der Waals surface area contributed by atoms with Gasteiger partial charge in [-0.3, -0.25) is 9.69 Å². The molecule has 1 aliphatic rings. The minimum Gasteiger partial charge on any atom is -0.355 e. The Morgan fingerprint density at radius 1 is 1.13 bits per heavy atom. The number of nitrogens with zero attached hydrogens (tertiary/aromatic N) is 2. The van der Waals surface area contributed by atoms with Crippen molar-refractivity contribution in [3.63, 3.8) is 0 Å². The van der Waals surface area contributed by atoms with Crippen molar-refractivity contribution in [2.45, 2.75) is 13.3 Å². The number of anilines is 1. The topological polar surface area (TPSA) is 64.7 Å². The van der Waals surface area contributed by atoms with Crippen LogP contribution in [-0.2, 0) is 4.79 Å². The molecule has 1 aromatic rings. The number of halogens is 1. The van der Waals surface area contributed by atoms with Crippen LogP contribution in [0.15, 0.2) is 24.3 Å². The van der Waals surface area contributed by atoms with Gasteiger partial charge in [0.2, 0.25) is 5.91 Å². The van der Waals surface area contributed by atoms with Crippen molar-refractivity contribution >= 4 is 29.2 Å². The average molecular weight is 339 g/mol. The second-order valence-corrected chi connectivity index (χ2v) is 5.99. The van der Waals surface area contributed by atoms with E-state index in [1.165, 1.54) is 0 Å². The van der Waals surface area contributed by atoms with Gasteiger partial charge in [-0.25, -0.2) is 4.79 Å². The van der Waals surface area contributed by atoms with Crippen LogP contribution >= 0.6 is 11.6 Å². The van der Waals surface area contributed by atoms with Gasteiger partial charge >= 0.3 is 6.03 Å². The SMILES string of the molecule is CCCNC(=O)CN1CCN(C(=O)Nc2ccc(Cl)cc2)CC1. The van der Waals surface area contributed by atoms with E-state index < -0.39 is 0 Å². The summed E-state index contributed by atoms with van der Waals surface area (Å²) in [6.07, 6.45) is 0.935. The summed E-state index contributed by atoms with van der Waals surface area (Å²) in [5.41, 5.74) is 0.723. The third-order valence-corrected chi connectivity index (χ3v) is 3.95. The van der Waals surface area contributed by atoms with E-state index in [1.807, 2.05) is 6.92 Å². The predicted octanol–water partition coefficient (Wildman–Crippen LogP) is 2.02. The van der Waals surface area contributed by atoms with Gasteiger partial charge in [-0.15, -0.1) is 0 Å². The Bertz CT molecular complexity index is 527. The second-order valence-electron chi connectivity index (χ2n) is 5.55. The molecule has 0 spiro atoms. The molecule has 2 rings (SSSR count). The maximum Gasteiger partial charge on any atom is 0.321 e. The van der Waals surface area contributed by atoms with Gasteiger partial charge in [0.25, 0.3) is 0 Å². The Kier molecular flexibility index (Phi) is 6.67. The van der Waals surface area contributed by atoms with E-state index in [0.717, 1.165) is 12.1 Å². The minimum absolute atomic E-state index is 0.0471. The van der Waals surface area contributed by atoms with Crippen LogP contribution in [0.3, 0.4) is 0 Å². The molecule has 2 N–H and O–H groups in total. The number of rotatable bonds is 5. The summed E-state index contributed by atoms with van der Waals surface area (Å²) < 4.78 is 0. The van der Waals surface area contributed by atoms with Crippen LogP contribution in [0.4, 0.5) is 10.5 Å². The van der Waals surface area contributed by atoms with Crippen molar-refractivity contribution in [1.29, 1.82) is 0 Å². The quantitative estimate of drug-likeness (QED) is 0.863. The summed E-state index contributed by atoms with van der Waals surface area (Å²) in [6.45, 7) is 5.76. The maximum atomic E-state index is 12.2. The molecule has 126 valence electrons. The molecule has 0 bridgehead atoms. The van der Waals surface area contributed by atoms with Crippen molar-refractivity contribution in [1.82, 2.24) is 15.1 Å². The van der Waals surface area contributed by atoms with Gasteiger partial charge in [0.15, 0.2) is 0 Å². The maximum absolute atomic E-state index is 12.2. The number of nitrogens with one attached hydrogen (secondary N) is 2. The minimum atomic E-state index is -0.123. The molecule has 3 amide bonds. The number of amides is 3. The molecule has 0 radical (unpaired) electrons. The summed E-state index contributed by atoms with van der Waals surface area (Å²) in [5, 5.41) is 6.36. The molecule has 1 fully saturated rings. The van der Waals surface area contributed by atoms with Gasteiger partial charge in [0.05, 0.1) is 6.54 Å². The van der Waals surface area contributed by atoms with Gasteiger partial charge in [0, 0.05) is 43.4 Å².